The van der Waals surface area contributed by atoms with Gasteiger partial charge >= 0.3 is 6.03 Å². The number of aliphatic hydroxyl groups is 1. The van der Waals surface area contributed by atoms with Gasteiger partial charge in [-0.3, -0.25) is 0 Å². The van der Waals surface area contributed by atoms with Crippen LogP contribution in [0.25, 0.3) is 0 Å². The predicted molar refractivity (Wildman–Crippen MR) is 99.3 cm³/mol. The van der Waals surface area contributed by atoms with Crippen molar-refractivity contribution in [3.63, 3.8) is 0 Å². The lowest BCUT2D eigenvalue weighted by Gasteiger charge is -2.36. The number of rotatable bonds is 5. The van der Waals surface area contributed by atoms with Crippen LogP contribution >= 0.6 is 0 Å². The van der Waals surface area contributed by atoms with Gasteiger partial charge < -0.3 is 15.3 Å². The fourth-order valence-corrected chi connectivity index (χ4v) is 3.57. The lowest BCUT2D eigenvalue weighted by atomic mass is 9.98. The number of amides is 2. The van der Waals surface area contributed by atoms with Crippen LogP contribution in [0.15, 0.2) is 60.7 Å². The minimum atomic E-state index is -0.174. The maximum Gasteiger partial charge on any atom is 0.318 e. The Morgan fingerprint density at radius 1 is 1.04 bits per heavy atom. The van der Waals surface area contributed by atoms with Gasteiger partial charge in [0.25, 0.3) is 0 Å². The molecule has 0 spiro atoms. The topological polar surface area (TPSA) is 52.6 Å². The molecule has 2 aromatic rings. The van der Waals surface area contributed by atoms with Crippen LogP contribution in [-0.2, 0) is 0 Å². The van der Waals surface area contributed by atoms with Crippen molar-refractivity contribution in [3.8, 4) is 0 Å². The molecule has 1 aliphatic heterocycles. The van der Waals surface area contributed by atoms with E-state index in [9.17, 15) is 9.90 Å². The number of benzene rings is 2. The van der Waals surface area contributed by atoms with E-state index in [1.165, 1.54) is 0 Å². The molecule has 132 valence electrons. The minimum absolute atomic E-state index is 0.0455. The first kappa shape index (κ1) is 17.5. The first-order valence-corrected chi connectivity index (χ1v) is 9.07. The molecule has 0 saturated carbocycles. The number of hydrogen-bond acceptors (Lipinski definition) is 2. The zero-order valence-electron chi connectivity index (χ0n) is 14.5. The summed E-state index contributed by atoms with van der Waals surface area (Å²) < 4.78 is 0. The van der Waals surface area contributed by atoms with Crippen molar-refractivity contribution < 1.29 is 9.90 Å². The summed E-state index contributed by atoms with van der Waals surface area (Å²) in [6, 6.07) is 20.0. The molecule has 2 amide bonds. The average molecular weight is 338 g/mol. The Morgan fingerprint density at radius 3 is 2.20 bits per heavy atom. The van der Waals surface area contributed by atoms with Crippen LogP contribution in [0.1, 0.15) is 42.9 Å². The summed E-state index contributed by atoms with van der Waals surface area (Å²) in [6.45, 7) is 0.877. The van der Waals surface area contributed by atoms with Crippen molar-refractivity contribution in [1.29, 1.82) is 0 Å². The SMILES string of the molecule is O=C(NC(c1ccccc1)c1ccccc1)N1CCCCC1CCO. The number of aliphatic hydroxyl groups excluding tert-OH is 1. The third kappa shape index (κ3) is 4.40. The van der Waals surface area contributed by atoms with Crippen LogP contribution in [0.3, 0.4) is 0 Å². The molecule has 0 bridgehead atoms. The number of carbonyl (C=O) groups excluding carboxylic acids is 1. The van der Waals surface area contributed by atoms with Crippen LogP contribution in [0, 0.1) is 0 Å². The number of urea groups is 1. The van der Waals surface area contributed by atoms with Crippen LogP contribution in [0.4, 0.5) is 4.79 Å². The number of carbonyl (C=O) groups is 1. The molecule has 25 heavy (non-hydrogen) atoms. The highest BCUT2D eigenvalue weighted by atomic mass is 16.3. The van der Waals surface area contributed by atoms with Gasteiger partial charge in [-0.25, -0.2) is 4.79 Å². The van der Waals surface area contributed by atoms with Crippen molar-refractivity contribution in [1.82, 2.24) is 10.2 Å². The Bertz CT molecular complexity index is 619. The number of likely N-dealkylation sites (tertiary alicyclic amines) is 1. The van der Waals surface area contributed by atoms with Crippen LogP contribution < -0.4 is 5.32 Å². The summed E-state index contributed by atoms with van der Waals surface area (Å²) in [4.78, 5) is 14.9. The lowest BCUT2D eigenvalue weighted by Crippen LogP contribution is -2.49. The molecule has 1 unspecified atom stereocenters. The summed E-state index contributed by atoms with van der Waals surface area (Å²) in [7, 11) is 0. The Morgan fingerprint density at radius 2 is 1.64 bits per heavy atom. The second-order valence-corrected chi connectivity index (χ2v) is 6.56. The Balaban J connectivity index is 1.81. The van der Waals surface area contributed by atoms with E-state index in [1.807, 2.05) is 65.6 Å². The molecule has 1 heterocycles. The van der Waals surface area contributed by atoms with E-state index in [2.05, 4.69) is 5.32 Å². The van der Waals surface area contributed by atoms with E-state index >= 15 is 0 Å². The number of piperidine rings is 1. The van der Waals surface area contributed by atoms with E-state index in [-0.39, 0.29) is 24.7 Å². The van der Waals surface area contributed by atoms with E-state index < -0.39 is 0 Å². The second kappa shape index (κ2) is 8.67. The molecule has 0 radical (unpaired) electrons. The monoisotopic (exact) mass is 338 g/mol. The van der Waals surface area contributed by atoms with Gasteiger partial charge in [0.1, 0.15) is 0 Å². The molecule has 4 heteroatoms. The van der Waals surface area contributed by atoms with E-state index in [1.54, 1.807) is 0 Å². The van der Waals surface area contributed by atoms with E-state index in [4.69, 9.17) is 0 Å². The van der Waals surface area contributed by atoms with Crippen LogP contribution in [-0.4, -0.2) is 35.2 Å². The third-order valence-corrected chi connectivity index (χ3v) is 4.88. The Labute approximate surface area is 149 Å². The second-order valence-electron chi connectivity index (χ2n) is 6.56. The van der Waals surface area contributed by atoms with Gasteiger partial charge in [-0.2, -0.15) is 0 Å². The van der Waals surface area contributed by atoms with Crippen molar-refractivity contribution in [3.05, 3.63) is 71.8 Å². The highest BCUT2D eigenvalue weighted by Crippen LogP contribution is 2.24. The number of nitrogens with zero attached hydrogens (tertiary/aromatic N) is 1. The molecule has 1 saturated heterocycles. The van der Waals surface area contributed by atoms with E-state index in [0.29, 0.717) is 6.42 Å². The Hall–Kier alpha value is -2.33. The molecule has 0 aromatic heterocycles. The zero-order chi connectivity index (χ0) is 17.5. The first-order valence-electron chi connectivity index (χ1n) is 9.07. The molecule has 0 aliphatic carbocycles. The molecule has 1 atom stereocenters. The number of nitrogens with one attached hydrogen (secondary N) is 1. The molecular weight excluding hydrogens is 312 g/mol. The molecule has 1 fully saturated rings. The molecular formula is C21H26N2O2. The lowest BCUT2D eigenvalue weighted by molar-refractivity contribution is 0.130. The van der Waals surface area contributed by atoms with Gasteiger partial charge in [-0.1, -0.05) is 60.7 Å². The van der Waals surface area contributed by atoms with Crippen molar-refractivity contribution in [2.24, 2.45) is 0 Å². The van der Waals surface area contributed by atoms with Crippen molar-refractivity contribution in [2.75, 3.05) is 13.2 Å². The fraction of sp³-hybridized carbons (Fsp3) is 0.381. The molecule has 3 rings (SSSR count). The molecule has 2 N–H and O–H groups in total. The molecule has 1 aliphatic rings. The third-order valence-electron chi connectivity index (χ3n) is 4.88. The van der Waals surface area contributed by atoms with Crippen molar-refractivity contribution >= 4 is 6.03 Å². The maximum atomic E-state index is 13.0. The van der Waals surface area contributed by atoms with Gasteiger partial charge in [0.05, 0.1) is 6.04 Å². The number of hydrogen-bond donors (Lipinski definition) is 2. The summed E-state index contributed by atoms with van der Waals surface area (Å²) in [6.07, 6.45) is 3.76. The average Bonchev–Trinajstić information content (AvgIpc) is 2.68. The van der Waals surface area contributed by atoms with Gasteiger partial charge in [-0.05, 0) is 36.8 Å². The van der Waals surface area contributed by atoms with E-state index in [0.717, 1.165) is 36.9 Å². The highest BCUT2D eigenvalue weighted by molar-refractivity contribution is 5.75. The fourth-order valence-electron chi connectivity index (χ4n) is 3.57. The molecule has 4 nitrogen and oxygen atoms in total. The largest absolute Gasteiger partial charge is 0.396 e. The van der Waals surface area contributed by atoms with Crippen molar-refractivity contribution in [2.45, 2.75) is 37.8 Å². The first-order chi connectivity index (χ1) is 12.3. The minimum Gasteiger partial charge on any atom is -0.396 e. The van der Waals surface area contributed by atoms with Crippen LogP contribution in [0.5, 0.6) is 0 Å². The quantitative estimate of drug-likeness (QED) is 0.873. The smallest absolute Gasteiger partial charge is 0.318 e. The zero-order valence-corrected chi connectivity index (χ0v) is 14.5. The summed E-state index contributed by atoms with van der Waals surface area (Å²) >= 11 is 0. The molecule has 2 aromatic carbocycles. The van der Waals surface area contributed by atoms with Gasteiger partial charge in [-0.15, -0.1) is 0 Å². The normalized spacial score (nSPS) is 17.5. The summed E-state index contributed by atoms with van der Waals surface area (Å²) in [5.74, 6) is 0. The van der Waals surface area contributed by atoms with Crippen LogP contribution in [0.2, 0.25) is 0 Å². The Kier molecular flexibility index (Phi) is 6.07. The maximum absolute atomic E-state index is 13.0. The summed E-state index contributed by atoms with van der Waals surface area (Å²) in [5.41, 5.74) is 2.13. The predicted octanol–water partition coefficient (Wildman–Crippen LogP) is 3.72. The standard InChI is InChI=1S/C21H26N2O2/c24-16-14-19-13-7-8-15-23(19)21(25)22-20(17-9-3-1-4-10-17)18-11-5-2-6-12-18/h1-6,9-12,19-20,24H,7-8,13-16H2,(H,22,25). The highest BCUT2D eigenvalue weighted by Gasteiger charge is 2.28. The van der Waals surface area contributed by atoms with Gasteiger partial charge in [0.2, 0.25) is 0 Å². The van der Waals surface area contributed by atoms with Gasteiger partial charge in [0, 0.05) is 19.2 Å². The summed E-state index contributed by atoms with van der Waals surface area (Å²) in [5, 5.41) is 12.5. The van der Waals surface area contributed by atoms with Gasteiger partial charge in [0.15, 0.2) is 0 Å².